The predicted molar refractivity (Wildman–Crippen MR) is 104 cm³/mol. The highest BCUT2D eigenvalue weighted by molar-refractivity contribution is 8.04. The number of nitrogens with one attached hydrogen (secondary N) is 1. The van der Waals surface area contributed by atoms with E-state index in [9.17, 15) is 14.4 Å². The molecule has 2 aliphatic rings. The van der Waals surface area contributed by atoms with Gasteiger partial charge in [0.15, 0.2) is 11.8 Å². The van der Waals surface area contributed by atoms with E-state index in [-0.39, 0.29) is 24.3 Å². The Labute approximate surface area is 162 Å². The van der Waals surface area contributed by atoms with Gasteiger partial charge in [-0.2, -0.15) is 14.3 Å². The molecule has 27 heavy (non-hydrogen) atoms. The van der Waals surface area contributed by atoms with Gasteiger partial charge in [0.05, 0.1) is 13.7 Å². The first-order valence-corrected chi connectivity index (χ1v) is 9.60. The van der Waals surface area contributed by atoms with Gasteiger partial charge in [-0.15, -0.1) is 11.8 Å². The number of amides is 4. The Bertz CT molecular complexity index is 830. The summed E-state index contributed by atoms with van der Waals surface area (Å²) in [5.41, 5.74) is 1.18. The minimum atomic E-state index is -0.463. The van der Waals surface area contributed by atoms with E-state index in [1.54, 1.807) is 42.9 Å². The summed E-state index contributed by atoms with van der Waals surface area (Å²) in [6.07, 6.45) is 1.73. The molecule has 1 aromatic carbocycles. The van der Waals surface area contributed by atoms with E-state index in [2.05, 4.69) is 5.32 Å². The Morgan fingerprint density at radius 1 is 1.30 bits per heavy atom. The lowest BCUT2D eigenvalue weighted by molar-refractivity contribution is -0.426. The number of hydrogen-bond acceptors (Lipinski definition) is 5. The Hall–Kier alpha value is -2.61. The molecule has 1 aromatic rings. The van der Waals surface area contributed by atoms with Crippen molar-refractivity contribution in [2.24, 2.45) is 5.92 Å². The summed E-state index contributed by atoms with van der Waals surface area (Å²) in [6, 6.07) is 6.49. The first-order chi connectivity index (χ1) is 12.9. The number of imide groups is 1. The van der Waals surface area contributed by atoms with Crippen LogP contribution in [0, 0.1) is 5.92 Å². The van der Waals surface area contributed by atoms with Crippen molar-refractivity contribution < 1.29 is 23.7 Å². The molecule has 3 rings (SSSR count). The molecule has 0 aromatic heterocycles. The van der Waals surface area contributed by atoms with Crippen LogP contribution in [-0.4, -0.2) is 58.5 Å². The molecule has 4 amide bonds. The second-order valence-corrected chi connectivity index (χ2v) is 7.75. The number of anilines is 1. The fourth-order valence-electron chi connectivity index (χ4n) is 2.96. The number of urea groups is 1. The normalized spacial score (nSPS) is 19.0. The second-order valence-electron chi connectivity index (χ2n) is 6.73. The van der Waals surface area contributed by atoms with Gasteiger partial charge in [0.1, 0.15) is 11.5 Å². The van der Waals surface area contributed by atoms with Crippen molar-refractivity contribution in [1.29, 1.82) is 0 Å². The van der Waals surface area contributed by atoms with E-state index in [4.69, 9.17) is 4.74 Å². The molecule has 7 nitrogen and oxygen atoms in total. The Morgan fingerprint density at radius 3 is 2.63 bits per heavy atom. The lowest BCUT2D eigenvalue weighted by Crippen LogP contribution is -2.57. The molecule has 0 saturated carbocycles. The summed E-state index contributed by atoms with van der Waals surface area (Å²) in [5.74, 6) is 0.289. The van der Waals surface area contributed by atoms with Crippen molar-refractivity contribution in [3.8, 4) is 5.75 Å². The van der Waals surface area contributed by atoms with Crippen LogP contribution in [0.1, 0.15) is 13.8 Å². The molecule has 0 radical (unpaired) electrons. The molecule has 2 aliphatic heterocycles. The monoisotopic (exact) mass is 388 g/mol. The summed E-state index contributed by atoms with van der Waals surface area (Å²) in [6.45, 7) is 4.07. The van der Waals surface area contributed by atoms with Crippen molar-refractivity contribution in [1.82, 2.24) is 4.90 Å². The summed E-state index contributed by atoms with van der Waals surface area (Å²) < 4.78 is 6.49. The van der Waals surface area contributed by atoms with Gasteiger partial charge in [-0.05, 0) is 41.7 Å². The number of nitrogens with zero attached hydrogens (tertiary/aromatic N) is 2. The number of carbonyl (C=O) groups is 3. The lowest BCUT2D eigenvalue weighted by atomic mass is 10.1. The molecule has 0 fully saturated rings. The van der Waals surface area contributed by atoms with Crippen LogP contribution in [0.4, 0.5) is 10.5 Å². The van der Waals surface area contributed by atoms with Crippen molar-refractivity contribution in [3.05, 3.63) is 35.7 Å². The first-order valence-electron chi connectivity index (χ1n) is 8.66. The van der Waals surface area contributed by atoms with E-state index in [0.717, 1.165) is 0 Å². The van der Waals surface area contributed by atoms with Crippen molar-refractivity contribution >= 4 is 41.0 Å². The summed E-state index contributed by atoms with van der Waals surface area (Å²) >= 11 is 1.36. The van der Waals surface area contributed by atoms with Crippen molar-refractivity contribution in [2.45, 2.75) is 19.1 Å². The van der Waals surface area contributed by atoms with Crippen LogP contribution in [0.25, 0.3) is 0 Å². The van der Waals surface area contributed by atoms with Crippen LogP contribution in [0.2, 0.25) is 0 Å². The SMILES string of the molecule is COc1ccc(NC(=O)C[N+]2=C3C=CSC3C(=O)N(CC(C)C)C2=O)cc1. The maximum Gasteiger partial charge on any atom is 0.501 e. The highest BCUT2D eigenvalue weighted by atomic mass is 32.2. The topological polar surface area (TPSA) is 78.7 Å². The van der Waals surface area contributed by atoms with E-state index in [0.29, 0.717) is 23.7 Å². The molecule has 8 heteroatoms. The average molecular weight is 388 g/mol. The quantitative estimate of drug-likeness (QED) is 0.757. The molecular weight excluding hydrogens is 366 g/mol. The third kappa shape index (κ3) is 4.05. The van der Waals surface area contributed by atoms with Gasteiger partial charge < -0.3 is 10.1 Å². The van der Waals surface area contributed by atoms with Crippen LogP contribution >= 0.6 is 11.8 Å². The van der Waals surface area contributed by atoms with Crippen molar-refractivity contribution in [3.63, 3.8) is 0 Å². The molecule has 0 aliphatic carbocycles. The fourth-order valence-corrected chi connectivity index (χ4v) is 3.93. The first kappa shape index (κ1) is 19.2. The maximum atomic E-state index is 12.9. The van der Waals surface area contributed by atoms with E-state index < -0.39 is 11.3 Å². The number of hydrogen-bond donors (Lipinski definition) is 1. The number of fused-ring (bicyclic) bond motifs is 1. The zero-order valence-corrected chi connectivity index (χ0v) is 16.3. The fraction of sp³-hybridized carbons (Fsp3) is 0.368. The number of rotatable bonds is 6. The molecule has 0 spiro atoms. The Kier molecular flexibility index (Phi) is 5.65. The van der Waals surface area contributed by atoms with E-state index in [1.807, 2.05) is 13.8 Å². The molecule has 0 saturated heterocycles. The van der Waals surface area contributed by atoms with Crippen LogP contribution < -0.4 is 10.1 Å². The van der Waals surface area contributed by atoms with Crippen LogP contribution in [0.5, 0.6) is 5.75 Å². The minimum absolute atomic E-state index is 0.147. The number of thioether (sulfide) groups is 1. The smallest absolute Gasteiger partial charge is 0.497 e. The molecule has 1 atom stereocenters. The predicted octanol–water partition coefficient (Wildman–Crippen LogP) is 2.33. The standard InChI is InChI=1S/C19H21N3O4S/c1-12(2)10-22-18(24)17-15(8-9-27-17)21(19(22)25)11-16(23)20-13-4-6-14(26-3)7-5-13/h4-9,12,17H,10-11H2,1-3H3/p+1. The third-order valence-corrected chi connectivity index (χ3v) is 5.22. The average Bonchev–Trinajstić information content (AvgIpc) is 3.12. The van der Waals surface area contributed by atoms with Crippen LogP contribution in [0.15, 0.2) is 35.7 Å². The number of benzene rings is 1. The van der Waals surface area contributed by atoms with Gasteiger partial charge in [-0.25, -0.2) is 4.79 Å². The van der Waals surface area contributed by atoms with Crippen LogP contribution in [0.3, 0.4) is 0 Å². The largest absolute Gasteiger partial charge is 0.501 e. The molecule has 1 unspecified atom stereocenters. The number of methoxy groups -OCH3 is 1. The van der Waals surface area contributed by atoms with Gasteiger partial charge in [-0.1, -0.05) is 13.8 Å². The minimum Gasteiger partial charge on any atom is -0.497 e. The molecule has 142 valence electrons. The summed E-state index contributed by atoms with van der Waals surface area (Å²) in [5, 5.41) is 4.10. The maximum absolute atomic E-state index is 12.9. The highest BCUT2D eigenvalue weighted by Gasteiger charge is 2.49. The zero-order chi connectivity index (χ0) is 19.6. The Morgan fingerprint density at radius 2 is 2.00 bits per heavy atom. The van der Waals surface area contributed by atoms with Gasteiger partial charge in [-0.3, -0.25) is 4.79 Å². The van der Waals surface area contributed by atoms with Crippen molar-refractivity contribution in [2.75, 3.05) is 25.5 Å². The molecule has 1 N–H and O–H groups in total. The van der Waals surface area contributed by atoms with E-state index >= 15 is 0 Å². The molecule has 0 bridgehead atoms. The van der Waals surface area contributed by atoms with Crippen LogP contribution in [-0.2, 0) is 9.59 Å². The second kappa shape index (κ2) is 7.96. The van der Waals surface area contributed by atoms with Gasteiger partial charge in [0, 0.05) is 5.69 Å². The summed E-state index contributed by atoms with van der Waals surface area (Å²) in [4.78, 5) is 39.2. The van der Waals surface area contributed by atoms with Gasteiger partial charge >= 0.3 is 11.9 Å². The lowest BCUT2D eigenvalue weighted by Gasteiger charge is -2.25. The highest BCUT2D eigenvalue weighted by Crippen LogP contribution is 2.28. The summed E-state index contributed by atoms with van der Waals surface area (Å²) in [7, 11) is 1.57. The molecular formula is C19H22N3O4S+. The zero-order valence-electron chi connectivity index (χ0n) is 15.5. The Balaban J connectivity index is 1.79. The van der Waals surface area contributed by atoms with Gasteiger partial charge in [0.2, 0.25) is 0 Å². The number of carbonyl (C=O) groups excluding carboxylic acids is 3. The number of allylic oxidation sites excluding steroid dienone is 1. The van der Waals surface area contributed by atoms with Gasteiger partial charge in [0.25, 0.3) is 5.91 Å². The molecule has 2 heterocycles. The number of ether oxygens (including phenoxy) is 1. The van der Waals surface area contributed by atoms with E-state index in [1.165, 1.54) is 21.2 Å². The third-order valence-electron chi connectivity index (χ3n) is 4.21.